The Morgan fingerprint density at radius 3 is 2.28 bits per heavy atom. The molecule has 0 aliphatic rings. The molecule has 18 heavy (non-hydrogen) atoms. The van der Waals surface area contributed by atoms with E-state index in [-0.39, 0.29) is 5.75 Å². The van der Waals surface area contributed by atoms with Crippen LogP contribution in [0.1, 0.15) is 11.1 Å². The molecule has 0 bridgehead atoms. The zero-order valence-corrected chi connectivity index (χ0v) is 11.1. The molecule has 0 saturated carbocycles. The third-order valence-corrected chi connectivity index (χ3v) is 2.81. The Morgan fingerprint density at radius 1 is 0.889 bits per heavy atom. The molecule has 4 heteroatoms. The average Bonchev–Trinajstić information content (AvgIpc) is 2.39. The predicted molar refractivity (Wildman–Crippen MR) is 77.4 cm³/mol. The topological polar surface area (TPSA) is 45.0 Å². The summed E-state index contributed by atoms with van der Waals surface area (Å²) in [6.07, 6.45) is 3.17. The first-order chi connectivity index (χ1) is 8.75. The van der Waals surface area contributed by atoms with E-state index in [9.17, 15) is 5.11 Å². The van der Waals surface area contributed by atoms with Crippen molar-refractivity contribution in [1.82, 2.24) is 0 Å². The van der Waals surface area contributed by atoms with Gasteiger partial charge in [-0.15, -0.1) is 0 Å². The molecule has 0 radical (unpaired) electrons. The number of nitrogens with zero attached hydrogens (tertiary/aromatic N) is 2. The Labute approximate surface area is 114 Å². The lowest BCUT2D eigenvalue weighted by Gasteiger charge is -1.94. The molecule has 2 rings (SSSR count). The second kappa shape index (κ2) is 6.12. The van der Waals surface area contributed by atoms with E-state index < -0.39 is 0 Å². The maximum atomic E-state index is 9.51. The van der Waals surface area contributed by atoms with Crippen LogP contribution in [0.5, 0.6) is 5.75 Å². The van der Waals surface area contributed by atoms with Crippen LogP contribution in [0.2, 0.25) is 0 Å². The molecule has 3 nitrogen and oxygen atoms in total. The van der Waals surface area contributed by atoms with Gasteiger partial charge in [0.05, 0.1) is 12.4 Å². The van der Waals surface area contributed by atoms with Crippen LogP contribution in [-0.4, -0.2) is 17.5 Å². The summed E-state index contributed by atoms with van der Waals surface area (Å²) in [6, 6.07) is 14.7. The van der Waals surface area contributed by atoms with Crippen LogP contribution in [0.15, 0.2) is 63.2 Å². The summed E-state index contributed by atoms with van der Waals surface area (Å²) in [5, 5.41) is 17.3. The smallest absolute Gasteiger partial charge is 0.124 e. The summed E-state index contributed by atoms with van der Waals surface area (Å²) in [4.78, 5) is 0. The number of benzene rings is 2. The molecule has 2 aromatic carbocycles. The van der Waals surface area contributed by atoms with Gasteiger partial charge < -0.3 is 5.11 Å². The minimum atomic E-state index is 0.195. The van der Waals surface area contributed by atoms with Crippen molar-refractivity contribution >= 4 is 28.4 Å². The zero-order chi connectivity index (χ0) is 12.8. The number of rotatable bonds is 3. The minimum absolute atomic E-state index is 0.195. The Hall–Kier alpha value is -1.94. The highest BCUT2D eigenvalue weighted by Gasteiger charge is 1.93. The van der Waals surface area contributed by atoms with Gasteiger partial charge in [0.25, 0.3) is 0 Å². The molecule has 0 aromatic heterocycles. The fraction of sp³-hybridized carbons (Fsp3) is 0. The van der Waals surface area contributed by atoms with Crippen LogP contribution in [0, 0.1) is 0 Å². The molecule has 0 heterocycles. The van der Waals surface area contributed by atoms with E-state index >= 15 is 0 Å². The van der Waals surface area contributed by atoms with E-state index in [1.165, 1.54) is 6.21 Å². The zero-order valence-electron chi connectivity index (χ0n) is 9.49. The SMILES string of the molecule is Oc1ccccc1/C=N/N=C/c1ccc(Br)cc1. The fourth-order valence-corrected chi connectivity index (χ4v) is 1.61. The lowest BCUT2D eigenvalue weighted by atomic mass is 10.2. The summed E-state index contributed by atoms with van der Waals surface area (Å²) in [5.41, 5.74) is 1.61. The van der Waals surface area contributed by atoms with Gasteiger partial charge in [0, 0.05) is 10.0 Å². The van der Waals surface area contributed by atoms with Crippen LogP contribution in [0.25, 0.3) is 0 Å². The molecule has 0 aliphatic heterocycles. The van der Waals surface area contributed by atoms with E-state index in [1.54, 1.807) is 24.4 Å². The van der Waals surface area contributed by atoms with Gasteiger partial charge in [0.2, 0.25) is 0 Å². The third-order valence-electron chi connectivity index (χ3n) is 2.28. The average molecular weight is 303 g/mol. The molecule has 0 fully saturated rings. The number of para-hydroxylation sites is 1. The van der Waals surface area contributed by atoms with Crippen molar-refractivity contribution in [1.29, 1.82) is 0 Å². The Balaban J connectivity index is 2.03. The lowest BCUT2D eigenvalue weighted by Crippen LogP contribution is -1.81. The van der Waals surface area contributed by atoms with Gasteiger partial charge in [-0.2, -0.15) is 10.2 Å². The maximum absolute atomic E-state index is 9.51. The van der Waals surface area contributed by atoms with Gasteiger partial charge in [-0.25, -0.2) is 0 Å². The van der Waals surface area contributed by atoms with E-state index in [0.717, 1.165) is 10.0 Å². The van der Waals surface area contributed by atoms with Crippen molar-refractivity contribution in [3.8, 4) is 5.75 Å². The molecule has 0 spiro atoms. The van der Waals surface area contributed by atoms with E-state index in [1.807, 2.05) is 30.3 Å². The summed E-state index contributed by atoms with van der Waals surface area (Å²) in [5.74, 6) is 0.195. The second-order valence-corrected chi connectivity index (χ2v) is 4.52. The normalized spacial score (nSPS) is 11.4. The molecule has 0 unspecified atom stereocenters. The standard InChI is InChI=1S/C14H11BrN2O/c15-13-7-5-11(6-8-13)9-16-17-10-12-3-1-2-4-14(12)18/h1-10,18H/b16-9+,17-10+. The number of phenolic OH excluding ortho intramolecular Hbond substituents is 1. The van der Waals surface area contributed by atoms with Crippen molar-refractivity contribution in [2.24, 2.45) is 10.2 Å². The van der Waals surface area contributed by atoms with Crippen molar-refractivity contribution in [3.63, 3.8) is 0 Å². The Morgan fingerprint density at radius 2 is 1.56 bits per heavy atom. The van der Waals surface area contributed by atoms with Crippen LogP contribution in [0.3, 0.4) is 0 Å². The highest BCUT2D eigenvalue weighted by molar-refractivity contribution is 9.10. The van der Waals surface area contributed by atoms with Crippen molar-refractivity contribution in [2.45, 2.75) is 0 Å². The summed E-state index contributed by atoms with van der Waals surface area (Å²) >= 11 is 3.36. The summed E-state index contributed by atoms with van der Waals surface area (Å²) < 4.78 is 1.03. The maximum Gasteiger partial charge on any atom is 0.124 e. The summed E-state index contributed by atoms with van der Waals surface area (Å²) in [7, 11) is 0. The first-order valence-corrected chi connectivity index (χ1v) is 6.15. The first kappa shape index (κ1) is 12.5. The Bertz CT molecular complexity index is 577. The Kier molecular flexibility index (Phi) is 4.25. The molecule has 0 aliphatic carbocycles. The largest absolute Gasteiger partial charge is 0.507 e. The molecular formula is C14H11BrN2O. The molecule has 0 amide bonds. The third kappa shape index (κ3) is 3.53. The summed E-state index contributed by atoms with van der Waals surface area (Å²) in [6.45, 7) is 0. The van der Waals surface area contributed by atoms with Crippen molar-refractivity contribution in [2.75, 3.05) is 0 Å². The van der Waals surface area contributed by atoms with Gasteiger partial charge >= 0.3 is 0 Å². The molecule has 1 N–H and O–H groups in total. The van der Waals surface area contributed by atoms with Crippen LogP contribution in [0.4, 0.5) is 0 Å². The van der Waals surface area contributed by atoms with Gasteiger partial charge in [-0.1, -0.05) is 40.2 Å². The van der Waals surface area contributed by atoms with E-state index in [0.29, 0.717) is 5.56 Å². The number of phenols is 1. The van der Waals surface area contributed by atoms with Crippen LogP contribution >= 0.6 is 15.9 Å². The van der Waals surface area contributed by atoms with E-state index in [4.69, 9.17) is 0 Å². The van der Waals surface area contributed by atoms with Crippen molar-refractivity contribution in [3.05, 3.63) is 64.1 Å². The number of aromatic hydroxyl groups is 1. The van der Waals surface area contributed by atoms with Crippen LogP contribution in [-0.2, 0) is 0 Å². The molecule has 0 atom stereocenters. The fourth-order valence-electron chi connectivity index (χ4n) is 1.34. The van der Waals surface area contributed by atoms with Gasteiger partial charge in [0.1, 0.15) is 5.75 Å². The first-order valence-electron chi connectivity index (χ1n) is 5.36. The monoisotopic (exact) mass is 302 g/mol. The van der Waals surface area contributed by atoms with E-state index in [2.05, 4.69) is 26.1 Å². The molecule has 2 aromatic rings. The molecule has 0 saturated heterocycles. The van der Waals surface area contributed by atoms with Crippen LogP contribution < -0.4 is 0 Å². The van der Waals surface area contributed by atoms with Gasteiger partial charge in [-0.3, -0.25) is 0 Å². The number of halogens is 1. The highest BCUT2D eigenvalue weighted by atomic mass is 79.9. The molecule has 90 valence electrons. The molecular weight excluding hydrogens is 292 g/mol. The van der Waals surface area contributed by atoms with Gasteiger partial charge in [0.15, 0.2) is 0 Å². The second-order valence-electron chi connectivity index (χ2n) is 3.60. The predicted octanol–water partition coefficient (Wildman–Crippen LogP) is 3.61. The quantitative estimate of drug-likeness (QED) is 0.683. The van der Waals surface area contributed by atoms with Crippen molar-refractivity contribution < 1.29 is 5.11 Å². The minimum Gasteiger partial charge on any atom is -0.507 e. The lowest BCUT2D eigenvalue weighted by molar-refractivity contribution is 0.474. The van der Waals surface area contributed by atoms with Gasteiger partial charge in [-0.05, 0) is 29.8 Å². The highest BCUT2D eigenvalue weighted by Crippen LogP contribution is 2.12. The number of hydrogen-bond donors (Lipinski definition) is 1. The number of hydrogen-bond acceptors (Lipinski definition) is 3.